The Morgan fingerprint density at radius 2 is 1.87 bits per heavy atom. The molecule has 0 saturated heterocycles. The molecule has 0 bridgehead atoms. The maximum atomic E-state index is 13.2. The lowest BCUT2D eigenvalue weighted by atomic mass is 10.1. The highest BCUT2D eigenvalue weighted by Gasteiger charge is 2.04. The van der Waals surface area contributed by atoms with Gasteiger partial charge in [0, 0.05) is 0 Å². The van der Waals surface area contributed by atoms with Crippen molar-refractivity contribution in [2.24, 2.45) is 0 Å². The van der Waals surface area contributed by atoms with Crippen LogP contribution in [0.5, 0.6) is 5.75 Å². The summed E-state index contributed by atoms with van der Waals surface area (Å²) in [6.45, 7) is 7.47. The minimum absolute atomic E-state index is 0.298. The Morgan fingerprint density at radius 3 is 2.33 bits per heavy atom. The van der Waals surface area contributed by atoms with E-state index in [9.17, 15) is 4.39 Å². The van der Waals surface area contributed by atoms with Crippen LogP contribution in [-0.4, -0.2) is 7.11 Å². The van der Waals surface area contributed by atoms with E-state index in [1.807, 2.05) is 13.8 Å². The molecule has 1 aromatic carbocycles. The monoisotopic (exact) mass is 208 g/mol. The zero-order valence-corrected chi connectivity index (χ0v) is 9.94. The minimum atomic E-state index is -0.298. The quantitative estimate of drug-likeness (QED) is 0.641. The van der Waals surface area contributed by atoms with Crippen LogP contribution < -0.4 is 4.74 Å². The number of aryl methyl sites for hydroxylation is 1. The number of methoxy groups -OCH3 is 1. The summed E-state index contributed by atoms with van der Waals surface area (Å²) in [7, 11) is 1.56. The summed E-state index contributed by atoms with van der Waals surface area (Å²) in [6.07, 6.45) is 0. The van der Waals surface area contributed by atoms with E-state index in [-0.39, 0.29) is 5.82 Å². The number of ether oxygens (including phenoxy) is 1. The molecule has 15 heavy (non-hydrogen) atoms. The van der Waals surface area contributed by atoms with Gasteiger partial charge in [-0.2, -0.15) is 0 Å². The van der Waals surface area contributed by atoms with Crippen LogP contribution in [0.1, 0.15) is 31.9 Å². The van der Waals surface area contributed by atoms with Crippen molar-refractivity contribution in [1.29, 1.82) is 0 Å². The molecule has 0 spiro atoms. The smallest absolute Gasteiger partial charge is 0.139 e. The first-order valence-electron chi connectivity index (χ1n) is 4.96. The van der Waals surface area contributed by atoms with E-state index in [2.05, 4.69) is 11.8 Å². The van der Waals surface area contributed by atoms with Crippen LogP contribution in [0, 0.1) is 24.6 Å². The van der Waals surface area contributed by atoms with Gasteiger partial charge < -0.3 is 4.74 Å². The Kier molecular flexibility index (Phi) is 6.21. The first-order chi connectivity index (χ1) is 7.19. The number of halogens is 1. The number of hydrogen-bond acceptors (Lipinski definition) is 1. The number of benzene rings is 1. The molecular weight excluding hydrogens is 191 g/mol. The van der Waals surface area contributed by atoms with Crippen LogP contribution in [-0.2, 0) is 0 Å². The molecule has 1 nitrogen and oxygen atoms in total. The molecule has 82 valence electrons. The Hall–Kier alpha value is -1.49. The fourth-order valence-electron chi connectivity index (χ4n) is 1.10. The summed E-state index contributed by atoms with van der Waals surface area (Å²) >= 11 is 0. The van der Waals surface area contributed by atoms with Crippen LogP contribution in [0.2, 0.25) is 0 Å². The highest BCUT2D eigenvalue weighted by molar-refractivity contribution is 5.45. The Morgan fingerprint density at radius 1 is 1.27 bits per heavy atom. The summed E-state index contributed by atoms with van der Waals surface area (Å²) < 4.78 is 18.2. The SMILES string of the molecule is CC.CC#Cc1cc(OC)c(C)cc1F. The van der Waals surface area contributed by atoms with Crippen LogP contribution >= 0.6 is 0 Å². The van der Waals surface area contributed by atoms with E-state index in [0.717, 1.165) is 5.56 Å². The molecule has 0 aliphatic rings. The van der Waals surface area contributed by atoms with Gasteiger partial charge in [-0.15, -0.1) is 5.92 Å². The highest BCUT2D eigenvalue weighted by atomic mass is 19.1. The molecule has 0 saturated carbocycles. The molecule has 0 N–H and O–H groups in total. The molecule has 0 heterocycles. The van der Waals surface area contributed by atoms with Gasteiger partial charge in [-0.3, -0.25) is 0 Å². The molecule has 0 aliphatic heterocycles. The largest absolute Gasteiger partial charge is 0.496 e. The van der Waals surface area contributed by atoms with Gasteiger partial charge in [0.25, 0.3) is 0 Å². The number of hydrogen-bond donors (Lipinski definition) is 0. The zero-order valence-electron chi connectivity index (χ0n) is 9.94. The number of rotatable bonds is 1. The zero-order chi connectivity index (χ0) is 11.8. The molecule has 0 amide bonds. The minimum Gasteiger partial charge on any atom is -0.496 e. The molecule has 2 heteroatoms. The molecule has 0 aromatic heterocycles. The highest BCUT2D eigenvalue weighted by Crippen LogP contribution is 2.21. The van der Waals surface area contributed by atoms with Crippen LogP contribution in [0.25, 0.3) is 0 Å². The Bertz CT molecular complexity index is 372. The van der Waals surface area contributed by atoms with Gasteiger partial charge in [-0.25, -0.2) is 4.39 Å². The van der Waals surface area contributed by atoms with Crippen molar-refractivity contribution < 1.29 is 9.13 Å². The van der Waals surface area contributed by atoms with Gasteiger partial charge in [-0.05, 0) is 31.5 Å². The maximum absolute atomic E-state index is 13.2. The molecule has 0 unspecified atom stereocenters. The van der Waals surface area contributed by atoms with Gasteiger partial charge in [0.05, 0.1) is 12.7 Å². The van der Waals surface area contributed by atoms with Gasteiger partial charge in [0.15, 0.2) is 0 Å². The Balaban J connectivity index is 0.000000921. The first-order valence-corrected chi connectivity index (χ1v) is 4.96. The Labute approximate surface area is 91.3 Å². The maximum Gasteiger partial charge on any atom is 0.139 e. The third kappa shape index (κ3) is 3.63. The van der Waals surface area contributed by atoms with Crippen molar-refractivity contribution in [2.75, 3.05) is 7.11 Å². The van der Waals surface area contributed by atoms with Crippen molar-refractivity contribution in [2.45, 2.75) is 27.7 Å². The van der Waals surface area contributed by atoms with E-state index in [1.165, 1.54) is 6.07 Å². The second kappa shape index (κ2) is 6.89. The fraction of sp³-hybridized carbons (Fsp3) is 0.385. The summed E-state index contributed by atoms with van der Waals surface area (Å²) in [5.41, 5.74) is 1.16. The molecule has 1 rings (SSSR count). The first kappa shape index (κ1) is 13.5. The molecular formula is C13H17FO. The van der Waals surface area contributed by atoms with Crippen molar-refractivity contribution in [3.63, 3.8) is 0 Å². The lowest BCUT2D eigenvalue weighted by Crippen LogP contribution is -1.91. The van der Waals surface area contributed by atoms with Crippen LogP contribution in [0.3, 0.4) is 0 Å². The van der Waals surface area contributed by atoms with E-state index >= 15 is 0 Å². The predicted octanol–water partition coefficient (Wildman–Crippen LogP) is 3.54. The topological polar surface area (TPSA) is 9.23 Å². The lowest BCUT2D eigenvalue weighted by molar-refractivity contribution is 0.410. The molecule has 1 aromatic rings. The summed E-state index contributed by atoms with van der Waals surface area (Å²) in [4.78, 5) is 0. The van der Waals surface area contributed by atoms with E-state index < -0.39 is 0 Å². The average Bonchev–Trinajstić information content (AvgIpc) is 2.25. The van der Waals surface area contributed by atoms with Crippen LogP contribution in [0.15, 0.2) is 12.1 Å². The van der Waals surface area contributed by atoms with Crippen molar-refractivity contribution in [1.82, 2.24) is 0 Å². The normalized spacial score (nSPS) is 8.13. The fourth-order valence-corrected chi connectivity index (χ4v) is 1.10. The lowest BCUT2D eigenvalue weighted by Gasteiger charge is -2.05. The molecule has 0 fully saturated rings. The average molecular weight is 208 g/mol. The van der Waals surface area contributed by atoms with Crippen LogP contribution in [0.4, 0.5) is 4.39 Å². The predicted molar refractivity (Wildman–Crippen MR) is 61.6 cm³/mol. The van der Waals surface area contributed by atoms with Crippen molar-refractivity contribution in [3.05, 3.63) is 29.1 Å². The summed E-state index contributed by atoms with van der Waals surface area (Å²) in [5.74, 6) is 5.69. The van der Waals surface area contributed by atoms with Gasteiger partial charge in [0.2, 0.25) is 0 Å². The third-order valence-electron chi connectivity index (χ3n) is 1.74. The van der Waals surface area contributed by atoms with Crippen molar-refractivity contribution >= 4 is 0 Å². The van der Waals surface area contributed by atoms with E-state index in [4.69, 9.17) is 4.74 Å². The van der Waals surface area contributed by atoms with E-state index in [1.54, 1.807) is 27.0 Å². The second-order valence-corrected chi connectivity index (χ2v) is 2.68. The summed E-state index contributed by atoms with van der Waals surface area (Å²) in [5, 5.41) is 0. The van der Waals surface area contributed by atoms with Crippen molar-refractivity contribution in [3.8, 4) is 17.6 Å². The van der Waals surface area contributed by atoms with Gasteiger partial charge in [0.1, 0.15) is 11.6 Å². The standard InChI is InChI=1S/C11H11FO.C2H6/c1-4-5-9-7-11(13-3)8(2)6-10(9)12;1-2/h6-7H,1-3H3;1-2H3. The molecule has 0 atom stereocenters. The van der Waals surface area contributed by atoms with Gasteiger partial charge in [-0.1, -0.05) is 19.8 Å². The van der Waals surface area contributed by atoms with E-state index in [0.29, 0.717) is 11.3 Å². The molecule has 0 aliphatic carbocycles. The molecule has 0 radical (unpaired) electrons. The summed E-state index contributed by atoms with van der Waals surface area (Å²) in [6, 6.07) is 3.04. The van der Waals surface area contributed by atoms with Gasteiger partial charge >= 0.3 is 0 Å². The third-order valence-corrected chi connectivity index (χ3v) is 1.74. The second-order valence-electron chi connectivity index (χ2n) is 2.68.